The summed E-state index contributed by atoms with van der Waals surface area (Å²) in [5, 5.41) is 0.345. The monoisotopic (exact) mass is 493 g/mol. The van der Waals surface area contributed by atoms with Crippen LogP contribution in [0.1, 0.15) is 11.1 Å². The van der Waals surface area contributed by atoms with E-state index in [1.807, 2.05) is 72.8 Å². The Kier molecular flexibility index (Phi) is 5.90. The Bertz CT molecular complexity index is 1690. The van der Waals surface area contributed by atoms with Crippen molar-refractivity contribution in [3.8, 4) is 28.4 Å². The van der Waals surface area contributed by atoms with Crippen LogP contribution in [0.3, 0.4) is 0 Å². The Hall–Kier alpha value is -4.85. The standard InChI is InChI=1S/C29H23N3O5/c33-28-26-23(21-7-9-22(10-8-21)37-18-19-4-2-1-3-5-19)12-13-30-27(26)32(29(34)31-28)17-20-6-11-24-25(16-20)36-15-14-35-24/h1-13,16H,14-15,17-18H2,(H,31,33,34). The third-order valence-corrected chi connectivity index (χ3v) is 6.24. The number of rotatable bonds is 6. The molecule has 0 radical (unpaired) electrons. The molecule has 0 atom stereocenters. The van der Waals surface area contributed by atoms with Crippen LogP contribution in [-0.4, -0.2) is 27.7 Å². The lowest BCUT2D eigenvalue weighted by atomic mass is 10.0. The number of nitrogens with zero attached hydrogens (tertiary/aromatic N) is 2. The summed E-state index contributed by atoms with van der Waals surface area (Å²) >= 11 is 0. The molecule has 1 N–H and O–H groups in total. The van der Waals surface area contributed by atoms with Crippen molar-refractivity contribution in [2.75, 3.05) is 13.2 Å². The van der Waals surface area contributed by atoms with Crippen LogP contribution in [0.2, 0.25) is 0 Å². The van der Waals surface area contributed by atoms with Crippen molar-refractivity contribution < 1.29 is 14.2 Å². The van der Waals surface area contributed by atoms with E-state index < -0.39 is 11.2 Å². The van der Waals surface area contributed by atoms with Crippen molar-refractivity contribution in [1.82, 2.24) is 14.5 Å². The van der Waals surface area contributed by atoms with Crippen molar-refractivity contribution in [2.24, 2.45) is 0 Å². The molecule has 0 bridgehead atoms. The molecule has 0 spiro atoms. The molecule has 1 aliphatic rings. The van der Waals surface area contributed by atoms with Crippen LogP contribution in [0.4, 0.5) is 0 Å². The van der Waals surface area contributed by atoms with Gasteiger partial charge in [-0.25, -0.2) is 9.78 Å². The van der Waals surface area contributed by atoms with Gasteiger partial charge in [0.05, 0.1) is 11.9 Å². The number of aromatic amines is 1. The maximum atomic E-state index is 12.9. The van der Waals surface area contributed by atoms with E-state index in [4.69, 9.17) is 14.2 Å². The number of hydrogen-bond donors (Lipinski definition) is 1. The largest absolute Gasteiger partial charge is 0.489 e. The minimum atomic E-state index is -0.526. The normalized spacial score (nSPS) is 12.4. The topological polar surface area (TPSA) is 95.4 Å². The average molecular weight is 494 g/mol. The number of H-pyrrole nitrogens is 1. The molecule has 0 unspecified atom stereocenters. The first-order valence-corrected chi connectivity index (χ1v) is 11.9. The number of aromatic nitrogens is 3. The third kappa shape index (κ3) is 4.56. The van der Waals surface area contributed by atoms with Crippen molar-refractivity contribution >= 4 is 11.0 Å². The van der Waals surface area contributed by atoms with Crippen LogP contribution in [-0.2, 0) is 13.2 Å². The summed E-state index contributed by atoms with van der Waals surface area (Å²) in [5.74, 6) is 2.02. The molecule has 2 aromatic heterocycles. The maximum absolute atomic E-state index is 12.9. The molecule has 0 saturated heterocycles. The zero-order chi connectivity index (χ0) is 25.2. The first kappa shape index (κ1) is 22.6. The summed E-state index contributed by atoms with van der Waals surface area (Å²) in [7, 11) is 0. The summed E-state index contributed by atoms with van der Waals surface area (Å²) in [6.45, 7) is 1.65. The highest BCUT2D eigenvalue weighted by Gasteiger charge is 2.16. The maximum Gasteiger partial charge on any atom is 0.330 e. The molecule has 37 heavy (non-hydrogen) atoms. The van der Waals surface area contributed by atoms with Gasteiger partial charge in [0.15, 0.2) is 11.5 Å². The van der Waals surface area contributed by atoms with Crippen LogP contribution in [0, 0.1) is 0 Å². The van der Waals surface area contributed by atoms with E-state index in [9.17, 15) is 9.59 Å². The van der Waals surface area contributed by atoms with Gasteiger partial charge in [-0.05, 0) is 52.6 Å². The number of ether oxygens (including phenoxy) is 3. The molecule has 0 saturated carbocycles. The number of benzene rings is 3. The predicted molar refractivity (Wildman–Crippen MR) is 139 cm³/mol. The van der Waals surface area contributed by atoms with Crippen LogP contribution in [0.15, 0.2) is 94.6 Å². The molecule has 0 aliphatic carbocycles. The van der Waals surface area contributed by atoms with E-state index in [1.165, 1.54) is 4.57 Å². The molecule has 0 fully saturated rings. The van der Waals surface area contributed by atoms with Gasteiger partial charge in [-0.15, -0.1) is 0 Å². The second kappa shape index (κ2) is 9.66. The molecule has 1 aliphatic heterocycles. The van der Waals surface area contributed by atoms with Crippen LogP contribution in [0.5, 0.6) is 17.2 Å². The molecule has 3 heterocycles. The van der Waals surface area contributed by atoms with Gasteiger partial charge in [0.1, 0.15) is 31.2 Å². The SMILES string of the molecule is O=c1[nH]c(=O)n(Cc2ccc3c(c2)OCCO3)c2nccc(-c3ccc(OCc4ccccc4)cc3)c12. The van der Waals surface area contributed by atoms with Gasteiger partial charge in [-0.2, -0.15) is 0 Å². The minimum absolute atomic E-state index is 0.214. The molecule has 8 nitrogen and oxygen atoms in total. The minimum Gasteiger partial charge on any atom is -0.489 e. The molecule has 3 aromatic carbocycles. The van der Waals surface area contributed by atoms with E-state index in [-0.39, 0.29) is 6.54 Å². The van der Waals surface area contributed by atoms with Crippen molar-refractivity contribution in [3.05, 3.63) is 117 Å². The summed E-state index contributed by atoms with van der Waals surface area (Å²) in [4.78, 5) is 32.6. The van der Waals surface area contributed by atoms with Gasteiger partial charge in [-0.1, -0.05) is 48.5 Å². The Morgan fingerprint density at radius 2 is 1.65 bits per heavy atom. The highest BCUT2D eigenvalue weighted by Crippen LogP contribution is 2.31. The molecule has 5 aromatic rings. The lowest BCUT2D eigenvalue weighted by Gasteiger charge is -2.19. The van der Waals surface area contributed by atoms with E-state index in [0.29, 0.717) is 47.9 Å². The number of pyridine rings is 1. The van der Waals surface area contributed by atoms with Crippen molar-refractivity contribution in [3.63, 3.8) is 0 Å². The number of hydrogen-bond acceptors (Lipinski definition) is 6. The van der Waals surface area contributed by atoms with Crippen molar-refractivity contribution in [2.45, 2.75) is 13.2 Å². The predicted octanol–water partition coefficient (Wildman–Crippen LogP) is 4.15. The van der Waals surface area contributed by atoms with Gasteiger partial charge in [0.25, 0.3) is 5.56 Å². The fourth-order valence-electron chi connectivity index (χ4n) is 4.43. The Balaban J connectivity index is 1.33. The molecular weight excluding hydrogens is 470 g/mol. The first-order valence-electron chi connectivity index (χ1n) is 11.9. The molecular formula is C29H23N3O5. The highest BCUT2D eigenvalue weighted by molar-refractivity contribution is 5.92. The summed E-state index contributed by atoms with van der Waals surface area (Å²) < 4.78 is 18.6. The summed E-state index contributed by atoms with van der Waals surface area (Å²) in [6.07, 6.45) is 1.61. The zero-order valence-corrected chi connectivity index (χ0v) is 19.8. The third-order valence-electron chi connectivity index (χ3n) is 6.24. The Morgan fingerprint density at radius 3 is 2.46 bits per heavy atom. The van der Waals surface area contributed by atoms with Gasteiger partial charge in [0, 0.05) is 6.20 Å². The van der Waals surface area contributed by atoms with E-state index in [0.717, 1.165) is 22.4 Å². The lowest BCUT2D eigenvalue weighted by Crippen LogP contribution is -2.31. The van der Waals surface area contributed by atoms with Gasteiger partial charge >= 0.3 is 5.69 Å². The van der Waals surface area contributed by atoms with E-state index in [1.54, 1.807) is 12.3 Å². The summed E-state index contributed by atoms with van der Waals surface area (Å²) in [5.41, 5.74) is 2.70. The van der Waals surface area contributed by atoms with Gasteiger partial charge in [0.2, 0.25) is 0 Å². The van der Waals surface area contributed by atoms with Crippen LogP contribution < -0.4 is 25.5 Å². The summed E-state index contributed by atoms with van der Waals surface area (Å²) in [6, 6.07) is 24.8. The van der Waals surface area contributed by atoms with Crippen LogP contribution in [0.25, 0.3) is 22.2 Å². The fraction of sp³-hybridized carbons (Fsp3) is 0.138. The number of fused-ring (bicyclic) bond motifs is 2. The molecule has 184 valence electrons. The van der Waals surface area contributed by atoms with E-state index >= 15 is 0 Å². The molecule has 8 heteroatoms. The quantitative estimate of drug-likeness (QED) is 0.382. The number of nitrogens with one attached hydrogen (secondary N) is 1. The fourth-order valence-corrected chi connectivity index (χ4v) is 4.43. The smallest absolute Gasteiger partial charge is 0.330 e. The second-order valence-electron chi connectivity index (χ2n) is 8.68. The Labute approximate surface area is 211 Å². The lowest BCUT2D eigenvalue weighted by molar-refractivity contribution is 0.171. The van der Waals surface area contributed by atoms with Gasteiger partial charge < -0.3 is 14.2 Å². The highest BCUT2D eigenvalue weighted by atomic mass is 16.6. The van der Waals surface area contributed by atoms with Crippen LogP contribution >= 0.6 is 0 Å². The van der Waals surface area contributed by atoms with Crippen molar-refractivity contribution in [1.29, 1.82) is 0 Å². The van der Waals surface area contributed by atoms with E-state index in [2.05, 4.69) is 9.97 Å². The first-order chi connectivity index (χ1) is 18.2. The molecule has 6 rings (SSSR count). The Morgan fingerprint density at radius 1 is 0.865 bits per heavy atom. The average Bonchev–Trinajstić information content (AvgIpc) is 2.94. The van der Waals surface area contributed by atoms with Gasteiger partial charge in [-0.3, -0.25) is 14.3 Å². The molecule has 0 amide bonds. The zero-order valence-electron chi connectivity index (χ0n) is 19.8. The second-order valence-corrected chi connectivity index (χ2v) is 8.68.